The molecule has 29 heavy (non-hydrogen) atoms. The zero-order chi connectivity index (χ0) is 20.3. The van der Waals surface area contributed by atoms with Gasteiger partial charge in [0.15, 0.2) is 0 Å². The summed E-state index contributed by atoms with van der Waals surface area (Å²) in [5, 5.41) is 0. The lowest BCUT2D eigenvalue weighted by Gasteiger charge is -2.35. The van der Waals surface area contributed by atoms with Gasteiger partial charge in [0.1, 0.15) is 0 Å². The van der Waals surface area contributed by atoms with E-state index in [0.29, 0.717) is 0 Å². The molecule has 0 spiro atoms. The third-order valence-electron chi connectivity index (χ3n) is 7.90. The first-order valence-corrected chi connectivity index (χ1v) is 13.0. The zero-order valence-electron chi connectivity index (χ0n) is 19.4. The minimum Gasteiger partial charge on any atom is -0.0850 e. The number of unbranched alkanes of at least 4 members (excludes halogenated alkanes) is 3. The molecule has 0 aromatic heterocycles. The first kappa shape index (κ1) is 22.6. The van der Waals surface area contributed by atoms with Crippen molar-refractivity contribution in [1.82, 2.24) is 0 Å². The van der Waals surface area contributed by atoms with E-state index >= 15 is 0 Å². The normalized spacial score (nSPS) is 25.0. The van der Waals surface area contributed by atoms with Crippen LogP contribution in [0.15, 0.2) is 35.9 Å². The molecule has 0 radical (unpaired) electrons. The van der Waals surface area contributed by atoms with Gasteiger partial charge in [0, 0.05) is 0 Å². The van der Waals surface area contributed by atoms with Gasteiger partial charge in [0.2, 0.25) is 0 Å². The van der Waals surface area contributed by atoms with Gasteiger partial charge in [-0.3, -0.25) is 0 Å². The van der Waals surface area contributed by atoms with Gasteiger partial charge >= 0.3 is 0 Å². The third-order valence-corrected chi connectivity index (χ3v) is 7.90. The number of allylic oxidation sites excluding steroid dienone is 2. The monoisotopic (exact) mass is 394 g/mol. The smallest absolute Gasteiger partial charge is 0.0241 e. The Hall–Kier alpha value is -1.04. The summed E-state index contributed by atoms with van der Waals surface area (Å²) in [4.78, 5) is 0. The molecule has 3 rings (SSSR count). The third kappa shape index (κ3) is 7.62. The van der Waals surface area contributed by atoms with Crippen molar-refractivity contribution in [3.8, 4) is 0 Å². The van der Waals surface area contributed by atoms with Crippen molar-refractivity contribution < 1.29 is 0 Å². The summed E-state index contributed by atoms with van der Waals surface area (Å²) in [6.07, 6.45) is 25.1. The van der Waals surface area contributed by atoms with Crippen LogP contribution >= 0.6 is 0 Å². The lowest BCUT2D eigenvalue weighted by atomic mass is 9.70. The summed E-state index contributed by atoms with van der Waals surface area (Å²) in [5.74, 6) is 3.08. The van der Waals surface area contributed by atoms with E-state index in [1.807, 2.05) is 0 Å². The molecule has 1 fully saturated rings. The molecule has 1 saturated carbocycles. The van der Waals surface area contributed by atoms with Crippen LogP contribution in [0.3, 0.4) is 0 Å². The second-order valence-electron chi connectivity index (χ2n) is 10.1. The molecule has 1 aromatic rings. The largest absolute Gasteiger partial charge is 0.0850 e. The van der Waals surface area contributed by atoms with E-state index in [2.05, 4.69) is 44.2 Å². The molecule has 0 nitrogen and oxygen atoms in total. The average molecular weight is 395 g/mol. The maximum atomic E-state index is 2.64. The Balaban J connectivity index is 1.35. The van der Waals surface area contributed by atoms with Crippen molar-refractivity contribution in [2.75, 3.05) is 0 Å². The fourth-order valence-electron chi connectivity index (χ4n) is 5.75. The van der Waals surface area contributed by atoms with Crippen molar-refractivity contribution in [3.05, 3.63) is 47.0 Å². The first-order chi connectivity index (χ1) is 14.3. The lowest BCUT2D eigenvalue weighted by Crippen LogP contribution is -2.23. The molecule has 1 unspecified atom stereocenters. The molecule has 0 aliphatic heterocycles. The van der Waals surface area contributed by atoms with Crippen LogP contribution in [0.25, 0.3) is 0 Å². The van der Waals surface area contributed by atoms with Gasteiger partial charge in [0.25, 0.3) is 0 Å². The minimum atomic E-state index is 0.994. The van der Waals surface area contributed by atoms with Crippen molar-refractivity contribution in [2.45, 2.75) is 117 Å². The van der Waals surface area contributed by atoms with Gasteiger partial charge in [-0.15, -0.1) is 0 Å². The van der Waals surface area contributed by atoms with Crippen LogP contribution in [0.1, 0.15) is 115 Å². The Morgan fingerprint density at radius 2 is 1.38 bits per heavy atom. The molecule has 2 aliphatic carbocycles. The van der Waals surface area contributed by atoms with E-state index in [9.17, 15) is 0 Å². The van der Waals surface area contributed by atoms with E-state index in [-0.39, 0.29) is 0 Å². The topological polar surface area (TPSA) is 0 Å². The van der Waals surface area contributed by atoms with E-state index in [1.165, 1.54) is 114 Å². The minimum absolute atomic E-state index is 0.994. The van der Waals surface area contributed by atoms with Gasteiger partial charge in [-0.05, 0) is 86.7 Å². The molecular formula is C29H46. The Morgan fingerprint density at radius 1 is 0.690 bits per heavy atom. The van der Waals surface area contributed by atoms with E-state index < -0.39 is 0 Å². The van der Waals surface area contributed by atoms with E-state index in [1.54, 1.807) is 5.57 Å². The number of benzene rings is 1. The van der Waals surface area contributed by atoms with Crippen LogP contribution in [0.5, 0.6) is 0 Å². The van der Waals surface area contributed by atoms with Gasteiger partial charge in [-0.1, -0.05) is 94.7 Å². The predicted octanol–water partition coefficient (Wildman–Crippen LogP) is 9.08. The lowest BCUT2D eigenvalue weighted by molar-refractivity contribution is 0.185. The standard InChI is InChI=1S/C29H46/c1-3-5-7-9-25-16-20-28(21-17-25)29-22-18-27(19-23-29)15-14-26-12-10-24(11-13-26)8-6-4-2/h10-13,18,25,28-29H,3-9,14-17,19-23H2,1-2H3/t25-,28-,29?. The van der Waals surface area contributed by atoms with Crippen LogP contribution in [0.4, 0.5) is 0 Å². The highest BCUT2D eigenvalue weighted by Crippen LogP contribution is 2.41. The van der Waals surface area contributed by atoms with Crippen LogP contribution in [0, 0.1) is 17.8 Å². The second kappa shape index (κ2) is 12.6. The van der Waals surface area contributed by atoms with Crippen molar-refractivity contribution >= 4 is 0 Å². The number of hydrogen-bond donors (Lipinski definition) is 0. The van der Waals surface area contributed by atoms with E-state index in [0.717, 1.165) is 17.8 Å². The summed E-state index contributed by atoms with van der Waals surface area (Å²) >= 11 is 0. The van der Waals surface area contributed by atoms with Gasteiger partial charge < -0.3 is 0 Å². The van der Waals surface area contributed by atoms with Gasteiger partial charge in [-0.2, -0.15) is 0 Å². The van der Waals surface area contributed by atoms with Crippen LogP contribution < -0.4 is 0 Å². The fraction of sp³-hybridized carbons (Fsp3) is 0.724. The Morgan fingerprint density at radius 3 is 2.00 bits per heavy atom. The van der Waals surface area contributed by atoms with Crippen molar-refractivity contribution in [1.29, 1.82) is 0 Å². The van der Waals surface area contributed by atoms with Gasteiger partial charge in [0.05, 0.1) is 0 Å². The molecule has 1 atom stereocenters. The second-order valence-corrected chi connectivity index (χ2v) is 10.1. The van der Waals surface area contributed by atoms with Crippen LogP contribution in [0.2, 0.25) is 0 Å². The Labute approximate surface area is 181 Å². The van der Waals surface area contributed by atoms with Crippen LogP contribution in [-0.2, 0) is 12.8 Å². The van der Waals surface area contributed by atoms with Gasteiger partial charge in [-0.25, -0.2) is 0 Å². The highest BCUT2D eigenvalue weighted by molar-refractivity contribution is 5.24. The molecular weight excluding hydrogens is 348 g/mol. The fourth-order valence-corrected chi connectivity index (χ4v) is 5.75. The average Bonchev–Trinajstić information content (AvgIpc) is 2.78. The molecule has 0 bridgehead atoms. The predicted molar refractivity (Wildman–Crippen MR) is 128 cm³/mol. The molecule has 2 aliphatic rings. The highest BCUT2D eigenvalue weighted by Gasteiger charge is 2.28. The Kier molecular flexibility index (Phi) is 9.84. The summed E-state index contributed by atoms with van der Waals surface area (Å²) in [7, 11) is 0. The summed E-state index contributed by atoms with van der Waals surface area (Å²) < 4.78 is 0. The van der Waals surface area contributed by atoms with Crippen LogP contribution in [-0.4, -0.2) is 0 Å². The number of rotatable bonds is 11. The molecule has 0 saturated heterocycles. The quantitative estimate of drug-likeness (QED) is 0.259. The van der Waals surface area contributed by atoms with Crippen molar-refractivity contribution in [3.63, 3.8) is 0 Å². The molecule has 0 heteroatoms. The summed E-state index contributed by atoms with van der Waals surface area (Å²) in [6.45, 7) is 4.60. The van der Waals surface area contributed by atoms with Crippen molar-refractivity contribution in [2.24, 2.45) is 17.8 Å². The number of aryl methyl sites for hydroxylation is 2. The maximum Gasteiger partial charge on any atom is -0.0241 e. The maximum absolute atomic E-state index is 2.64. The molecule has 0 heterocycles. The SMILES string of the molecule is CCCCC[C@H]1CC[C@H](C2CC=C(CCc3ccc(CCCC)cc3)CC2)CC1. The summed E-state index contributed by atoms with van der Waals surface area (Å²) in [5.41, 5.74) is 4.77. The molecule has 162 valence electrons. The van der Waals surface area contributed by atoms with E-state index in [4.69, 9.17) is 0 Å². The Bertz CT molecular complexity index is 585. The zero-order valence-corrected chi connectivity index (χ0v) is 19.4. The summed E-state index contributed by atoms with van der Waals surface area (Å²) in [6, 6.07) is 9.45. The molecule has 1 aromatic carbocycles. The highest BCUT2D eigenvalue weighted by atomic mass is 14.3. The molecule has 0 N–H and O–H groups in total. The first-order valence-electron chi connectivity index (χ1n) is 13.0. The molecule has 0 amide bonds. The number of hydrogen-bond acceptors (Lipinski definition) is 0.